The van der Waals surface area contributed by atoms with E-state index < -0.39 is 0 Å². The fourth-order valence-corrected chi connectivity index (χ4v) is 2.80. The fraction of sp³-hybridized carbons (Fsp3) is 0.150. The van der Waals surface area contributed by atoms with E-state index in [-0.39, 0.29) is 18.4 Å². The molecule has 8 heteroatoms. The van der Waals surface area contributed by atoms with Gasteiger partial charge in [0.05, 0.1) is 12.8 Å². The van der Waals surface area contributed by atoms with Crippen molar-refractivity contribution in [3.63, 3.8) is 0 Å². The highest BCUT2D eigenvalue weighted by Crippen LogP contribution is 2.35. The number of aromatic nitrogens is 2. The first kappa shape index (κ1) is 17.6. The molecule has 142 valence electrons. The van der Waals surface area contributed by atoms with Crippen LogP contribution in [0.4, 0.5) is 17.2 Å². The molecular weight excluding hydrogens is 360 g/mol. The number of nitrogens with one attached hydrogen (secondary N) is 2. The number of carbonyl (C=O) groups excluding carboxylic acids is 1. The Hall–Kier alpha value is -3.81. The zero-order valence-corrected chi connectivity index (χ0v) is 15.4. The summed E-state index contributed by atoms with van der Waals surface area (Å²) in [4.78, 5) is 21.3. The lowest BCUT2D eigenvalue weighted by Gasteiger charge is -2.11. The van der Waals surface area contributed by atoms with Crippen LogP contribution in [0.15, 0.2) is 48.5 Å². The molecule has 0 aliphatic carbocycles. The first-order chi connectivity index (χ1) is 13.6. The van der Waals surface area contributed by atoms with E-state index in [4.69, 9.17) is 14.2 Å². The van der Waals surface area contributed by atoms with E-state index in [9.17, 15) is 4.79 Å². The molecule has 0 saturated carbocycles. The lowest BCUT2D eigenvalue weighted by Crippen LogP contribution is -2.16. The van der Waals surface area contributed by atoms with Gasteiger partial charge in [-0.15, -0.1) is 0 Å². The molecule has 0 bridgehead atoms. The van der Waals surface area contributed by atoms with E-state index in [1.807, 2.05) is 30.3 Å². The van der Waals surface area contributed by atoms with Gasteiger partial charge in [0, 0.05) is 17.8 Å². The largest absolute Gasteiger partial charge is 0.495 e. The van der Waals surface area contributed by atoms with Gasteiger partial charge in [-0.2, -0.15) is 0 Å². The average Bonchev–Trinajstić information content (AvgIpc) is 3.16. The molecular formula is C20H18N4O4. The van der Waals surface area contributed by atoms with Gasteiger partial charge in [0.2, 0.25) is 6.79 Å². The Bertz CT molecular complexity index is 1040. The van der Waals surface area contributed by atoms with Crippen molar-refractivity contribution >= 4 is 23.1 Å². The molecule has 0 saturated heterocycles. The number of carbonyl (C=O) groups is 1. The normalized spacial score (nSPS) is 11.8. The maximum absolute atomic E-state index is 12.7. The molecule has 4 rings (SSSR count). The number of para-hydroxylation sites is 2. The predicted molar refractivity (Wildman–Crippen MR) is 104 cm³/mol. The SMILES string of the molecule is COc1ccccc1NC(=O)c1cc(Nc2ccc3c(c2)OCO3)nc(C)n1. The number of amides is 1. The van der Waals surface area contributed by atoms with E-state index in [2.05, 4.69) is 20.6 Å². The number of anilines is 3. The number of aryl methyl sites for hydroxylation is 1. The number of rotatable bonds is 5. The molecule has 0 radical (unpaired) electrons. The van der Waals surface area contributed by atoms with Gasteiger partial charge in [-0.1, -0.05) is 12.1 Å². The molecule has 0 spiro atoms. The van der Waals surface area contributed by atoms with Gasteiger partial charge >= 0.3 is 0 Å². The molecule has 28 heavy (non-hydrogen) atoms. The zero-order valence-electron chi connectivity index (χ0n) is 15.4. The van der Waals surface area contributed by atoms with Gasteiger partial charge in [0.25, 0.3) is 5.91 Å². The molecule has 1 amide bonds. The van der Waals surface area contributed by atoms with Gasteiger partial charge in [-0.05, 0) is 31.2 Å². The van der Waals surface area contributed by atoms with Crippen LogP contribution in [0.1, 0.15) is 16.3 Å². The van der Waals surface area contributed by atoms with Crippen LogP contribution >= 0.6 is 0 Å². The van der Waals surface area contributed by atoms with Crippen LogP contribution in [0.2, 0.25) is 0 Å². The number of ether oxygens (including phenoxy) is 3. The van der Waals surface area contributed by atoms with Crippen molar-refractivity contribution in [1.82, 2.24) is 9.97 Å². The summed E-state index contributed by atoms with van der Waals surface area (Å²) in [7, 11) is 1.55. The van der Waals surface area contributed by atoms with Crippen molar-refractivity contribution in [1.29, 1.82) is 0 Å². The minimum absolute atomic E-state index is 0.207. The maximum Gasteiger partial charge on any atom is 0.274 e. The van der Waals surface area contributed by atoms with Crippen molar-refractivity contribution in [2.75, 3.05) is 24.5 Å². The Balaban J connectivity index is 1.56. The second-order valence-electron chi connectivity index (χ2n) is 6.03. The quantitative estimate of drug-likeness (QED) is 0.701. The molecule has 1 aliphatic heterocycles. The van der Waals surface area contributed by atoms with Gasteiger partial charge in [0.1, 0.15) is 23.1 Å². The molecule has 2 heterocycles. The van der Waals surface area contributed by atoms with Crippen LogP contribution in [-0.2, 0) is 0 Å². The van der Waals surface area contributed by atoms with Gasteiger partial charge < -0.3 is 24.8 Å². The lowest BCUT2D eigenvalue weighted by atomic mass is 10.2. The van der Waals surface area contributed by atoms with Crippen molar-refractivity contribution < 1.29 is 19.0 Å². The number of hydrogen-bond donors (Lipinski definition) is 2. The number of benzene rings is 2. The number of fused-ring (bicyclic) bond motifs is 1. The number of methoxy groups -OCH3 is 1. The Kier molecular flexibility index (Phi) is 4.67. The third-order valence-corrected chi connectivity index (χ3v) is 4.07. The minimum atomic E-state index is -0.358. The highest BCUT2D eigenvalue weighted by atomic mass is 16.7. The van der Waals surface area contributed by atoms with Crippen molar-refractivity contribution in [3.05, 3.63) is 60.0 Å². The Morgan fingerprint density at radius 3 is 2.75 bits per heavy atom. The van der Waals surface area contributed by atoms with Crippen LogP contribution < -0.4 is 24.8 Å². The molecule has 0 atom stereocenters. The minimum Gasteiger partial charge on any atom is -0.495 e. The third kappa shape index (κ3) is 3.66. The van der Waals surface area contributed by atoms with Crippen molar-refractivity contribution in [2.45, 2.75) is 6.92 Å². The van der Waals surface area contributed by atoms with E-state index >= 15 is 0 Å². The highest BCUT2D eigenvalue weighted by molar-refractivity contribution is 6.04. The smallest absolute Gasteiger partial charge is 0.274 e. The van der Waals surface area contributed by atoms with Gasteiger partial charge in [0.15, 0.2) is 11.5 Å². The van der Waals surface area contributed by atoms with Crippen molar-refractivity contribution in [3.8, 4) is 17.2 Å². The summed E-state index contributed by atoms with van der Waals surface area (Å²) in [6.45, 7) is 1.93. The lowest BCUT2D eigenvalue weighted by molar-refractivity contribution is 0.102. The van der Waals surface area contributed by atoms with Crippen LogP contribution in [0.25, 0.3) is 0 Å². The van der Waals surface area contributed by atoms with Gasteiger partial charge in [-0.3, -0.25) is 4.79 Å². The van der Waals surface area contributed by atoms with E-state index in [1.54, 1.807) is 32.2 Å². The highest BCUT2D eigenvalue weighted by Gasteiger charge is 2.15. The topological polar surface area (TPSA) is 94.6 Å². The number of hydrogen-bond acceptors (Lipinski definition) is 7. The Labute approximate surface area is 161 Å². The molecule has 1 aromatic heterocycles. The first-order valence-corrected chi connectivity index (χ1v) is 8.59. The third-order valence-electron chi connectivity index (χ3n) is 4.07. The molecule has 2 aromatic carbocycles. The second kappa shape index (κ2) is 7.43. The first-order valence-electron chi connectivity index (χ1n) is 8.59. The van der Waals surface area contributed by atoms with Crippen LogP contribution in [0.5, 0.6) is 17.2 Å². The summed E-state index contributed by atoms with van der Waals surface area (Å²) in [5.41, 5.74) is 1.57. The zero-order chi connectivity index (χ0) is 19.5. The molecule has 8 nitrogen and oxygen atoms in total. The van der Waals surface area contributed by atoms with Crippen molar-refractivity contribution in [2.24, 2.45) is 0 Å². The average molecular weight is 378 g/mol. The molecule has 3 aromatic rings. The summed E-state index contributed by atoms with van der Waals surface area (Å²) < 4.78 is 16.0. The Morgan fingerprint density at radius 2 is 1.89 bits per heavy atom. The summed E-state index contributed by atoms with van der Waals surface area (Å²) in [6.07, 6.45) is 0. The van der Waals surface area contributed by atoms with Crippen LogP contribution in [0, 0.1) is 6.92 Å². The maximum atomic E-state index is 12.7. The summed E-state index contributed by atoms with van der Waals surface area (Å²) >= 11 is 0. The van der Waals surface area contributed by atoms with E-state index in [0.717, 1.165) is 5.69 Å². The van der Waals surface area contributed by atoms with Gasteiger partial charge in [-0.25, -0.2) is 9.97 Å². The summed E-state index contributed by atoms with van der Waals surface area (Å²) in [5, 5.41) is 5.98. The van der Waals surface area contributed by atoms with Crippen LogP contribution in [-0.4, -0.2) is 29.8 Å². The van der Waals surface area contributed by atoms with E-state index in [1.165, 1.54) is 0 Å². The summed E-state index contributed by atoms with van der Waals surface area (Å²) in [6, 6.07) is 14.2. The number of nitrogens with zero attached hydrogens (tertiary/aromatic N) is 2. The van der Waals surface area contributed by atoms with E-state index in [0.29, 0.717) is 34.6 Å². The molecule has 0 fully saturated rings. The molecule has 0 unspecified atom stereocenters. The second-order valence-corrected chi connectivity index (χ2v) is 6.03. The Morgan fingerprint density at radius 1 is 1.07 bits per heavy atom. The molecule has 2 N–H and O–H groups in total. The summed E-state index contributed by atoms with van der Waals surface area (Å²) in [5.74, 6) is 2.53. The van der Waals surface area contributed by atoms with Crippen LogP contribution in [0.3, 0.4) is 0 Å². The standard InChI is InChI=1S/C20H18N4O4/c1-12-21-15(20(25)24-14-5-3-4-6-16(14)26-2)10-19(22-12)23-13-7-8-17-18(9-13)28-11-27-17/h3-10H,11H2,1-2H3,(H,24,25)(H,21,22,23). The fourth-order valence-electron chi connectivity index (χ4n) is 2.80. The predicted octanol–water partition coefficient (Wildman–Crippen LogP) is 3.52. The monoisotopic (exact) mass is 378 g/mol. The molecule has 1 aliphatic rings.